The number of nitrogens with zero attached hydrogens (tertiary/aromatic N) is 1. The van der Waals surface area contributed by atoms with Crippen LogP contribution in [0.1, 0.15) is 33.1 Å². The fraction of sp³-hybridized carbons (Fsp3) is 0.727. The van der Waals surface area contributed by atoms with Crippen molar-refractivity contribution in [1.82, 2.24) is 4.90 Å². The lowest BCUT2D eigenvalue weighted by Crippen LogP contribution is -2.40. The Labute approximate surface area is 101 Å². The van der Waals surface area contributed by atoms with E-state index in [1.54, 1.807) is 13.8 Å². The van der Waals surface area contributed by atoms with Crippen molar-refractivity contribution < 1.29 is 19.5 Å². The third-order valence-electron chi connectivity index (χ3n) is 3.12. The molecule has 0 unspecified atom stereocenters. The molecule has 0 fully saturated rings. The Balaban J connectivity index is 4.72. The summed E-state index contributed by atoms with van der Waals surface area (Å²) in [4.78, 5) is 34.8. The zero-order chi connectivity index (χ0) is 13.6. The summed E-state index contributed by atoms with van der Waals surface area (Å²) in [6.07, 6.45) is 0.628. The standard InChI is InChI=1S/C11H20N2O4/c1-4-11(5-2,10(16)17)6-9(15)13(3)7-8(12)14/h4-7H2,1-3H3,(H2,12,14)(H,16,17). The SMILES string of the molecule is CCC(CC)(CC(=O)N(C)CC(N)=O)C(=O)O. The number of nitrogens with two attached hydrogens (primary N) is 1. The molecule has 3 N–H and O–H groups in total. The lowest BCUT2D eigenvalue weighted by Gasteiger charge is -2.28. The molecule has 0 aromatic carbocycles. The summed E-state index contributed by atoms with van der Waals surface area (Å²) in [5.41, 5.74) is 3.92. The molecule has 0 rings (SSSR count). The highest BCUT2D eigenvalue weighted by Gasteiger charge is 2.37. The summed E-state index contributed by atoms with van der Waals surface area (Å²) in [6, 6.07) is 0. The normalized spacial score (nSPS) is 11.0. The minimum absolute atomic E-state index is 0.112. The molecule has 0 aromatic rings. The minimum atomic E-state index is -1.05. The van der Waals surface area contributed by atoms with Crippen molar-refractivity contribution in [3.05, 3.63) is 0 Å². The topological polar surface area (TPSA) is 101 Å². The maximum absolute atomic E-state index is 11.8. The number of hydrogen-bond donors (Lipinski definition) is 2. The van der Waals surface area contributed by atoms with Crippen LogP contribution in [0.2, 0.25) is 0 Å². The van der Waals surface area contributed by atoms with Gasteiger partial charge in [-0.25, -0.2) is 0 Å². The summed E-state index contributed by atoms with van der Waals surface area (Å²) in [5.74, 6) is -1.98. The quantitative estimate of drug-likeness (QED) is 0.668. The first-order chi connectivity index (χ1) is 7.79. The highest BCUT2D eigenvalue weighted by atomic mass is 16.4. The molecule has 0 heterocycles. The first-order valence-electron chi connectivity index (χ1n) is 5.54. The Bertz CT molecular complexity index is 311. The van der Waals surface area contributed by atoms with Crippen LogP contribution in [0.25, 0.3) is 0 Å². The third kappa shape index (κ3) is 4.05. The van der Waals surface area contributed by atoms with Gasteiger partial charge < -0.3 is 15.7 Å². The van der Waals surface area contributed by atoms with Crippen LogP contribution >= 0.6 is 0 Å². The molecule has 6 nitrogen and oxygen atoms in total. The molecule has 0 radical (unpaired) electrons. The van der Waals surface area contributed by atoms with Gasteiger partial charge in [0.05, 0.1) is 12.0 Å². The second kappa shape index (κ2) is 6.22. The molecule has 0 atom stereocenters. The number of rotatable bonds is 7. The highest BCUT2D eigenvalue weighted by molar-refractivity contribution is 5.87. The van der Waals surface area contributed by atoms with Crippen LogP contribution in [0.3, 0.4) is 0 Å². The molecule has 17 heavy (non-hydrogen) atoms. The number of carbonyl (C=O) groups excluding carboxylic acids is 2. The van der Waals surface area contributed by atoms with Crippen LogP contribution in [0.4, 0.5) is 0 Å². The third-order valence-corrected chi connectivity index (χ3v) is 3.12. The van der Waals surface area contributed by atoms with E-state index in [0.717, 1.165) is 4.90 Å². The van der Waals surface area contributed by atoms with Gasteiger partial charge in [0, 0.05) is 13.5 Å². The average Bonchev–Trinajstić information content (AvgIpc) is 2.24. The van der Waals surface area contributed by atoms with E-state index < -0.39 is 17.3 Å². The molecular weight excluding hydrogens is 224 g/mol. The van der Waals surface area contributed by atoms with Gasteiger partial charge in [-0.2, -0.15) is 0 Å². The van der Waals surface area contributed by atoms with Crippen molar-refractivity contribution >= 4 is 17.8 Å². The van der Waals surface area contributed by atoms with Crippen molar-refractivity contribution in [2.75, 3.05) is 13.6 Å². The summed E-state index contributed by atoms with van der Waals surface area (Å²) >= 11 is 0. The first kappa shape index (κ1) is 15.4. The van der Waals surface area contributed by atoms with Gasteiger partial charge >= 0.3 is 5.97 Å². The van der Waals surface area contributed by atoms with E-state index >= 15 is 0 Å². The summed E-state index contributed by atoms with van der Waals surface area (Å²) in [5, 5.41) is 9.17. The van der Waals surface area contributed by atoms with Crippen LogP contribution < -0.4 is 5.73 Å². The van der Waals surface area contributed by atoms with Gasteiger partial charge in [0.25, 0.3) is 0 Å². The van der Waals surface area contributed by atoms with E-state index in [0.29, 0.717) is 12.8 Å². The van der Waals surface area contributed by atoms with Crippen LogP contribution in [0, 0.1) is 5.41 Å². The fourth-order valence-corrected chi connectivity index (χ4v) is 1.62. The molecule has 0 aromatic heterocycles. The van der Waals surface area contributed by atoms with E-state index in [4.69, 9.17) is 5.73 Å². The zero-order valence-electron chi connectivity index (χ0n) is 10.5. The Hall–Kier alpha value is -1.59. The van der Waals surface area contributed by atoms with Gasteiger partial charge in [-0.3, -0.25) is 14.4 Å². The van der Waals surface area contributed by atoms with E-state index in [9.17, 15) is 19.5 Å². The number of aliphatic carboxylic acids is 1. The van der Waals surface area contributed by atoms with Gasteiger partial charge in [-0.15, -0.1) is 0 Å². The van der Waals surface area contributed by atoms with Gasteiger partial charge in [-0.1, -0.05) is 13.8 Å². The predicted octanol–water partition coefficient (Wildman–Crippen LogP) is 0.211. The second-order valence-electron chi connectivity index (χ2n) is 4.19. The van der Waals surface area contributed by atoms with E-state index in [2.05, 4.69) is 0 Å². The monoisotopic (exact) mass is 244 g/mol. The average molecular weight is 244 g/mol. The molecule has 0 aliphatic carbocycles. The lowest BCUT2D eigenvalue weighted by atomic mass is 9.79. The van der Waals surface area contributed by atoms with Gasteiger partial charge in [0.2, 0.25) is 11.8 Å². The van der Waals surface area contributed by atoms with Crippen molar-refractivity contribution in [3.8, 4) is 0 Å². The predicted molar refractivity (Wildman–Crippen MR) is 62.1 cm³/mol. The molecule has 0 bridgehead atoms. The smallest absolute Gasteiger partial charge is 0.310 e. The lowest BCUT2D eigenvalue weighted by molar-refractivity contribution is -0.154. The molecule has 0 aliphatic rings. The van der Waals surface area contributed by atoms with Crippen LogP contribution in [0.5, 0.6) is 0 Å². The number of primary amides is 1. The number of carboxylic acid groups (broad SMARTS) is 1. The molecule has 0 aliphatic heterocycles. The van der Waals surface area contributed by atoms with Crippen LogP contribution in [-0.4, -0.2) is 41.4 Å². The second-order valence-corrected chi connectivity index (χ2v) is 4.19. The Kier molecular flexibility index (Phi) is 5.64. The maximum Gasteiger partial charge on any atom is 0.310 e. The van der Waals surface area contributed by atoms with E-state index in [1.807, 2.05) is 0 Å². The number of carbonyl (C=O) groups is 3. The maximum atomic E-state index is 11.8. The van der Waals surface area contributed by atoms with Crippen molar-refractivity contribution in [1.29, 1.82) is 0 Å². The minimum Gasteiger partial charge on any atom is -0.481 e. The van der Waals surface area contributed by atoms with E-state index in [-0.39, 0.29) is 18.9 Å². The number of carboxylic acids is 1. The molecule has 2 amide bonds. The van der Waals surface area contributed by atoms with Crippen molar-refractivity contribution in [2.24, 2.45) is 11.1 Å². The van der Waals surface area contributed by atoms with Gasteiger partial charge in [0.15, 0.2) is 0 Å². The number of hydrogen-bond acceptors (Lipinski definition) is 3. The molecular formula is C11H20N2O4. The van der Waals surface area contributed by atoms with Gasteiger partial charge in [-0.05, 0) is 12.8 Å². The summed E-state index contributed by atoms with van der Waals surface area (Å²) in [6.45, 7) is 3.28. The summed E-state index contributed by atoms with van der Waals surface area (Å²) < 4.78 is 0. The highest BCUT2D eigenvalue weighted by Crippen LogP contribution is 2.31. The Morgan fingerprint density at radius 3 is 2.00 bits per heavy atom. The van der Waals surface area contributed by atoms with E-state index in [1.165, 1.54) is 7.05 Å². The fourth-order valence-electron chi connectivity index (χ4n) is 1.62. The molecule has 0 saturated heterocycles. The Morgan fingerprint density at radius 1 is 1.24 bits per heavy atom. The molecule has 98 valence electrons. The summed E-state index contributed by atoms with van der Waals surface area (Å²) in [7, 11) is 1.44. The van der Waals surface area contributed by atoms with Crippen LogP contribution in [-0.2, 0) is 14.4 Å². The van der Waals surface area contributed by atoms with Crippen molar-refractivity contribution in [3.63, 3.8) is 0 Å². The molecule has 0 saturated carbocycles. The van der Waals surface area contributed by atoms with Crippen molar-refractivity contribution in [2.45, 2.75) is 33.1 Å². The molecule has 0 spiro atoms. The zero-order valence-corrected chi connectivity index (χ0v) is 10.5. The number of likely N-dealkylation sites (N-methyl/N-ethyl adjacent to an activating group) is 1. The first-order valence-corrected chi connectivity index (χ1v) is 5.54. The number of amides is 2. The molecule has 6 heteroatoms. The van der Waals surface area contributed by atoms with Crippen LogP contribution in [0.15, 0.2) is 0 Å². The Morgan fingerprint density at radius 2 is 1.71 bits per heavy atom. The van der Waals surface area contributed by atoms with Gasteiger partial charge in [0.1, 0.15) is 0 Å². The largest absolute Gasteiger partial charge is 0.481 e.